The molecule has 0 bridgehead atoms. The van der Waals surface area contributed by atoms with Gasteiger partial charge in [0.2, 0.25) is 0 Å². The van der Waals surface area contributed by atoms with Gasteiger partial charge in [0.25, 0.3) is 0 Å². The maximum Gasteiger partial charge on any atom is 0.155 e. The number of ketones is 1. The predicted octanol–water partition coefficient (Wildman–Crippen LogP) is 3.29. The summed E-state index contributed by atoms with van der Waals surface area (Å²) in [6.07, 6.45) is 7.94. The molecule has 0 amide bonds. The molecule has 0 aromatic carbocycles. The van der Waals surface area contributed by atoms with Crippen LogP contribution in [0.2, 0.25) is 0 Å². The van der Waals surface area contributed by atoms with Crippen molar-refractivity contribution in [3.8, 4) is 0 Å². The Hall–Kier alpha value is -0.450. The molecule has 4 unspecified atom stereocenters. The number of carbonyl (C=O) groups excluding carboxylic acids is 1. The summed E-state index contributed by atoms with van der Waals surface area (Å²) < 4.78 is 6.39. The SMILES string of the molecule is C[C@]12CCC3C(C1[C@@H]1C[C@@H]1[C@@]21CCC(O)O1)[C@H]1C[C@H]1[C@]1(O)CC(=O)CC[C@]31C. The fraction of sp³-hybridized carbons (Fsp3) is 0.958. The molecule has 7 fully saturated rings. The van der Waals surface area contributed by atoms with Gasteiger partial charge in [0.1, 0.15) is 5.78 Å². The van der Waals surface area contributed by atoms with Gasteiger partial charge in [-0.15, -0.1) is 0 Å². The molecule has 7 rings (SSSR count). The second-order valence-electron chi connectivity index (χ2n) is 12.2. The summed E-state index contributed by atoms with van der Waals surface area (Å²) >= 11 is 0. The number of aliphatic hydroxyl groups excluding tert-OH is 1. The van der Waals surface area contributed by atoms with Gasteiger partial charge in [-0.25, -0.2) is 0 Å². The van der Waals surface area contributed by atoms with Gasteiger partial charge in [-0.1, -0.05) is 13.8 Å². The Morgan fingerprint density at radius 1 is 0.964 bits per heavy atom. The zero-order chi connectivity index (χ0) is 19.3. The van der Waals surface area contributed by atoms with Gasteiger partial charge >= 0.3 is 0 Å². The first-order valence-electron chi connectivity index (χ1n) is 11.9. The van der Waals surface area contributed by atoms with Gasteiger partial charge in [0.05, 0.1) is 11.2 Å². The van der Waals surface area contributed by atoms with Crippen molar-refractivity contribution in [3.63, 3.8) is 0 Å². The van der Waals surface area contributed by atoms with E-state index in [9.17, 15) is 15.0 Å². The standard InChI is InChI=1S/C24H34O4/c1-21-6-3-12(25)11-23(21,27)16-9-13(16)19-15(21)4-7-22(2)20(19)14-10-17(14)24(22)8-5-18(26)28-24/h13-20,26-27H,3-11H2,1-2H3/t13-,14+,15?,16+,17-,18?,19?,20?,21+,22-,23+,24-/m0/s1. The van der Waals surface area contributed by atoms with Crippen molar-refractivity contribution in [2.24, 2.45) is 52.3 Å². The first kappa shape index (κ1) is 17.3. The molecule has 4 heteroatoms. The highest BCUT2D eigenvalue weighted by Gasteiger charge is 2.82. The lowest BCUT2D eigenvalue weighted by molar-refractivity contribution is -0.238. The highest BCUT2D eigenvalue weighted by atomic mass is 16.6. The number of rotatable bonds is 0. The van der Waals surface area contributed by atoms with E-state index in [1.807, 2.05) is 0 Å². The molecular weight excluding hydrogens is 352 g/mol. The third kappa shape index (κ3) is 1.62. The number of ether oxygens (including phenoxy) is 1. The van der Waals surface area contributed by atoms with Crippen LogP contribution in [0.1, 0.15) is 71.6 Å². The topological polar surface area (TPSA) is 66.8 Å². The zero-order valence-corrected chi connectivity index (χ0v) is 17.2. The van der Waals surface area contributed by atoms with E-state index < -0.39 is 11.9 Å². The average Bonchev–Trinajstić information content (AvgIpc) is 3.54. The highest BCUT2D eigenvalue weighted by Crippen LogP contribution is 2.83. The van der Waals surface area contributed by atoms with Crippen molar-refractivity contribution in [1.82, 2.24) is 0 Å². The lowest BCUT2D eigenvalue weighted by atomic mass is 9.42. The largest absolute Gasteiger partial charge is 0.389 e. The Morgan fingerprint density at radius 2 is 1.75 bits per heavy atom. The first-order valence-corrected chi connectivity index (χ1v) is 11.9. The molecule has 28 heavy (non-hydrogen) atoms. The van der Waals surface area contributed by atoms with Crippen molar-refractivity contribution in [2.45, 2.75) is 89.1 Å². The predicted molar refractivity (Wildman–Crippen MR) is 102 cm³/mol. The zero-order valence-electron chi connectivity index (χ0n) is 17.2. The van der Waals surface area contributed by atoms with Gasteiger partial charge in [-0.2, -0.15) is 0 Å². The molecule has 2 N–H and O–H groups in total. The molecule has 1 heterocycles. The molecule has 1 aliphatic heterocycles. The van der Waals surface area contributed by atoms with E-state index >= 15 is 0 Å². The van der Waals surface area contributed by atoms with Crippen LogP contribution in [0, 0.1) is 52.3 Å². The number of hydrogen-bond acceptors (Lipinski definition) is 4. The van der Waals surface area contributed by atoms with Crippen LogP contribution in [0.15, 0.2) is 0 Å². The lowest BCUT2D eigenvalue weighted by Crippen LogP contribution is -2.65. The van der Waals surface area contributed by atoms with Crippen molar-refractivity contribution in [2.75, 3.05) is 0 Å². The molecular formula is C24H34O4. The van der Waals surface area contributed by atoms with E-state index in [0.717, 1.165) is 44.4 Å². The highest BCUT2D eigenvalue weighted by molar-refractivity contribution is 5.81. The Labute approximate surface area is 167 Å². The lowest BCUT2D eigenvalue weighted by Gasteiger charge is -2.64. The van der Waals surface area contributed by atoms with Gasteiger partial charge in [0, 0.05) is 30.1 Å². The van der Waals surface area contributed by atoms with Crippen molar-refractivity contribution in [3.05, 3.63) is 0 Å². The van der Waals surface area contributed by atoms with E-state index in [1.165, 1.54) is 6.42 Å². The van der Waals surface area contributed by atoms with Crippen molar-refractivity contribution in [1.29, 1.82) is 0 Å². The van der Waals surface area contributed by atoms with Crippen LogP contribution < -0.4 is 0 Å². The quantitative estimate of drug-likeness (QED) is 0.670. The molecule has 4 nitrogen and oxygen atoms in total. The maximum atomic E-state index is 12.3. The van der Waals surface area contributed by atoms with E-state index in [4.69, 9.17) is 4.74 Å². The van der Waals surface area contributed by atoms with Crippen LogP contribution in [0.25, 0.3) is 0 Å². The first-order chi connectivity index (χ1) is 13.3. The van der Waals surface area contributed by atoms with Crippen LogP contribution in [-0.2, 0) is 9.53 Å². The Bertz CT molecular complexity index is 781. The van der Waals surface area contributed by atoms with E-state index in [-0.39, 0.29) is 22.2 Å². The van der Waals surface area contributed by atoms with Gasteiger partial charge in [-0.05, 0) is 80.0 Å². The fourth-order valence-electron chi connectivity index (χ4n) is 10.5. The normalized spacial score (nSPS) is 68.6. The molecule has 154 valence electrons. The van der Waals surface area contributed by atoms with Crippen LogP contribution in [0.4, 0.5) is 0 Å². The number of fused-ring (bicyclic) bond motifs is 12. The molecule has 0 aromatic rings. The minimum absolute atomic E-state index is 0.0890. The average molecular weight is 387 g/mol. The second kappa shape index (κ2) is 4.73. The molecule has 6 aliphatic carbocycles. The van der Waals surface area contributed by atoms with E-state index in [1.54, 1.807) is 0 Å². The summed E-state index contributed by atoms with van der Waals surface area (Å²) in [7, 11) is 0. The minimum atomic E-state index is -0.749. The van der Waals surface area contributed by atoms with Gasteiger partial charge in [-0.3, -0.25) is 4.79 Å². The van der Waals surface area contributed by atoms with Crippen LogP contribution in [0.3, 0.4) is 0 Å². The van der Waals surface area contributed by atoms with Crippen LogP contribution >= 0.6 is 0 Å². The minimum Gasteiger partial charge on any atom is -0.389 e. The fourth-order valence-corrected chi connectivity index (χ4v) is 10.5. The molecule has 7 aliphatic rings. The Kier molecular flexibility index (Phi) is 2.91. The third-order valence-corrected chi connectivity index (χ3v) is 11.7. The van der Waals surface area contributed by atoms with Crippen molar-refractivity contribution >= 4 is 5.78 Å². The van der Waals surface area contributed by atoms with E-state index in [2.05, 4.69) is 13.8 Å². The number of carbonyl (C=O) groups is 1. The van der Waals surface area contributed by atoms with Gasteiger partial charge < -0.3 is 14.9 Å². The van der Waals surface area contributed by atoms with Crippen molar-refractivity contribution < 1.29 is 19.7 Å². The molecule has 12 atom stereocenters. The second-order valence-corrected chi connectivity index (χ2v) is 12.2. The van der Waals surface area contributed by atoms with Gasteiger partial charge in [0.15, 0.2) is 6.29 Å². The molecule has 6 saturated carbocycles. The number of hydrogen-bond donors (Lipinski definition) is 2. The Balaban J connectivity index is 1.32. The number of aliphatic hydroxyl groups is 2. The number of Topliss-reactive ketones (excluding diaryl/α,β-unsaturated/α-hetero) is 1. The summed E-state index contributed by atoms with van der Waals surface area (Å²) in [6.45, 7) is 4.82. The Morgan fingerprint density at radius 3 is 2.50 bits per heavy atom. The monoisotopic (exact) mass is 386 g/mol. The third-order valence-electron chi connectivity index (χ3n) is 11.7. The summed E-state index contributed by atoms with van der Waals surface area (Å²) in [5.41, 5.74) is -0.751. The summed E-state index contributed by atoms with van der Waals surface area (Å²) in [4.78, 5) is 12.3. The summed E-state index contributed by atoms with van der Waals surface area (Å²) in [5, 5.41) is 22.1. The summed E-state index contributed by atoms with van der Waals surface area (Å²) in [6, 6.07) is 0. The summed E-state index contributed by atoms with van der Waals surface area (Å²) in [5.74, 6) is 4.58. The molecule has 1 saturated heterocycles. The smallest absolute Gasteiger partial charge is 0.155 e. The van der Waals surface area contributed by atoms with E-state index in [0.29, 0.717) is 48.3 Å². The molecule has 0 radical (unpaired) electrons. The molecule has 0 aromatic heterocycles. The van der Waals surface area contributed by atoms with Crippen LogP contribution in [0.5, 0.6) is 0 Å². The maximum absolute atomic E-state index is 12.3. The molecule has 1 spiro atoms. The van der Waals surface area contributed by atoms with Crippen LogP contribution in [-0.4, -0.2) is 33.5 Å².